The van der Waals surface area contributed by atoms with Crippen LogP contribution >= 0.6 is 0 Å². The quantitative estimate of drug-likeness (QED) is 0.374. The second-order valence-corrected chi connectivity index (χ2v) is 10.0. The van der Waals surface area contributed by atoms with Gasteiger partial charge in [-0.1, -0.05) is 13.8 Å². The number of ether oxygens (including phenoxy) is 2. The SMILES string of the molecule is COc1cc(-c2cc(F)cc(C(C)C)c2NC(=O)N=[S@@](=O)(NC#N)c2cnn3c2OCCC3)ccn1. The normalized spacial score (nSPS) is 14.1. The van der Waals surface area contributed by atoms with Crippen LogP contribution < -0.4 is 19.5 Å². The van der Waals surface area contributed by atoms with Gasteiger partial charge >= 0.3 is 6.03 Å². The van der Waals surface area contributed by atoms with Gasteiger partial charge in [0.1, 0.15) is 5.82 Å². The van der Waals surface area contributed by atoms with Gasteiger partial charge in [-0.05, 0) is 35.2 Å². The zero-order chi connectivity index (χ0) is 25.9. The highest BCUT2D eigenvalue weighted by Crippen LogP contribution is 2.37. The average Bonchev–Trinajstić information content (AvgIpc) is 3.30. The monoisotopic (exact) mass is 513 g/mol. The van der Waals surface area contributed by atoms with Crippen LogP contribution in [0, 0.1) is 17.3 Å². The van der Waals surface area contributed by atoms with Crippen molar-refractivity contribution in [1.82, 2.24) is 19.5 Å². The van der Waals surface area contributed by atoms with Gasteiger partial charge in [-0.3, -0.25) is 0 Å². The van der Waals surface area contributed by atoms with Gasteiger partial charge in [0.15, 0.2) is 21.0 Å². The molecule has 0 aliphatic carbocycles. The van der Waals surface area contributed by atoms with E-state index in [1.807, 2.05) is 13.8 Å². The van der Waals surface area contributed by atoms with Crippen molar-refractivity contribution >= 4 is 21.6 Å². The van der Waals surface area contributed by atoms with E-state index in [0.717, 1.165) is 0 Å². The van der Waals surface area contributed by atoms with Crippen LogP contribution in [0.1, 0.15) is 31.7 Å². The molecule has 0 unspecified atom stereocenters. The summed E-state index contributed by atoms with van der Waals surface area (Å²) in [6.45, 7) is 4.60. The number of carbonyl (C=O) groups is 1. The number of hydrogen-bond donors (Lipinski definition) is 2. The molecule has 36 heavy (non-hydrogen) atoms. The van der Waals surface area contributed by atoms with Crippen LogP contribution in [0.2, 0.25) is 0 Å². The predicted octanol–water partition coefficient (Wildman–Crippen LogP) is 4.04. The fourth-order valence-electron chi connectivity index (χ4n) is 3.81. The maximum atomic E-state index is 14.6. The molecule has 3 aromatic rings. The number of anilines is 1. The van der Waals surface area contributed by atoms with Crippen molar-refractivity contribution in [2.75, 3.05) is 19.0 Å². The predicted molar refractivity (Wildman–Crippen MR) is 129 cm³/mol. The first-order valence-corrected chi connectivity index (χ1v) is 12.5. The third-order valence-electron chi connectivity index (χ3n) is 5.45. The molecule has 2 aromatic heterocycles. The van der Waals surface area contributed by atoms with E-state index in [1.54, 1.807) is 18.3 Å². The molecule has 0 saturated heterocycles. The summed E-state index contributed by atoms with van der Waals surface area (Å²) < 4.78 is 46.4. The van der Waals surface area contributed by atoms with E-state index in [2.05, 4.69) is 24.5 Å². The van der Waals surface area contributed by atoms with E-state index in [-0.39, 0.29) is 22.4 Å². The Labute approximate surface area is 207 Å². The first kappa shape index (κ1) is 24.9. The molecular formula is C23H24FN7O4S. The lowest BCUT2D eigenvalue weighted by atomic mass is 9.94. The van der Waals surface area contributed by atoms with E-state index in [1.165, 1.54) is 36.3 Å². The van der Waals surface area contributed by atoms with Crippen LogP contribution in [0.5, 0.6) is 11.8 Å². The highest BCUT2D eigenvalue weighted by atomic mass is 32.2. The van der Waals surface area contributed by atoms with Crippen LogP contribution in [0.15, 0.2) is 45.9 Å². The van der Waals surface area contributed by atoms with E-state index in [0.29, 0.717) is 42.1 Å². The third kappa shape index (κ3) is 4.94. The summed E-state index contributed by atoms with van der Waals surface area (Å²) in [4.78, 5) is 17.2. The molecule has 13 heteroatoms. The minimum Gasteiger partial charge on any atom is -0.481 e. The summed E-state index contributed by atoms with van der Waals surface area (Å²) in [5.41, 5.74) is 1.66. The number of aromatic nitrogens is 3. The summed E-state index contributed by atoms with van der Waals surface area (Å²) in [7, 11) is -2.32. The summed E-state index contributed by atoms with van der Waals surface area (Å²) >= 11 is 0. The maximum Gasteiger partial charge on any atom is 0.355 e. The van der Waals surface area contributed by atoms with Crippen molar-refractivity contribution in [2.45, 2.75) is 37.6 Å². The van der Waals surface area contributed by atoms with E-state index in [9.17, 15) is 18.7 Å². The summed E-state index contributed by atoms with van der Waals surface area (Å²) in [6, 6.07) is 4.82. The van der Waals surface area contributed by atoms with Gasteiger partial charge in [0.05, 0.1) is 25.6 Å². The second-order valence-electron chi connectivity index (χ2n) is 8.16. The van der Waals surface area contributed by atoms with E-state index < -0.39 is 21.8 Å². The fourth-order valence-corrected chi connectivity index (χ4v) is 5.06. The number of halogens is 1. The molecule has 0 fully saturated rings. The standard InChI is InChI=1S/C23H24FN7O4S/c1-14(2)17-10-16(24)11-18(15-5-6-26-20(9-15)34-3)21(17)29-23(32)30-36(33,28-13-25)19-12-27-31-7-4-8-35-22(19)31/h5-6,9-12,14H,4,7-8H2,1-3H3,(H2,28,29,30,32,33)/t36-/m0/s1. The van der Waals surface area contributed by atoms with Crippen LogP contribution in [0.4, 0.5) is 14.9 Å². The Balaban J connectivity index is 1.81. The Morgan fingerprint density at radius 3 is 2.92 bits per heavy atom. The Morgan fingerprint density at radius 1 is 1.39 bits per heavy atom. The molecular weight excluding hydrogens is 489 g/mol. The highest BCUT2D eigenvalue weighted by Gasteiger charge is 2.27. The van der Waals surface area contributed by atoms with Crippen LogP contribution in [-0.4, -0.2) is 38.7 Å². The molecule has 1 aliphatic rings. The number of aryl methyl sites for hydroxylation is 1. The van der Waals surface area contributed by atoms with E-state index >= 15 is 0 Å². The van der Waals surface area contributed by atoms with Crippen LogP contribution in [0.25, 0.3) is 11.1 Å². The molecule has 1 aromatic carbocycles. The minimum atomic E-state index is -3.78. The second kappa shape index (κ2) is 10.2. The van der Waals surface area contributed by atoms with Gasteiger partial charge in [0.2, 0.25) is 11.8 Å². The number of benzene rings is 1. The Kier molecular flexibility index (Phi) is 7.07. The first-order chi connectivity index (χ1) is 17.3. The molecule has 1 atom stereocenters. The number of nitrogens with zero attached hydrogens (tertiary/aromatic N) is 5. The maximum absolute atomic E-state index is 14.6. The van der Waals surface area contributed by atoms with Crippen molar-refractivity contribution in [2.24, 2.45) is 4.36 Å². The van der Waals surface area contributed by atoms with Crippen molar-refractivity contribution in [1.29, 1.82) is 5.26 Å². The van der Waals surface area contributed by atoms with Gasteiger partial charge in [0, 0.05) is 30.8 Å². The van der Waals surface area contributed by atoms with E-state index in [4.69, 9.17) is 9.47 Å². The third-order valence-corrected chi connectivity index (χ3v) is 7.12. The minimum absolute atomic E-state index is 0.0128. The molecule has 2 N–H and O–H groups in total. The number of nitrogens with one attached hydrogen (secondary N) is 2. The Bertz CT molecular complexity index is 1470. The van der Waals surface area contributed by atoms with Gasteiger partial charge in [-0.25, -0.2) is 27.8 Å². The number of nitriles is 1. The molecule has 0 bridgehead atoms. The van der Waals surface area contributed by atoms with Crippen molar-refractivity contribution < 1.29 is 22.9 Å². The van der Waals surface area contributed by atoms with Crippen molar-refractivity contribution in [3.63, 3.8) is 0 Å². The number of hydrogen-bond acceptors (Lipinski definition) is 7. The van der Waals surface area contributed by atoms with Gasteiger partial charge < -0.3 is 14.8 Å². The number of methoxy groups -OCH3 is 1. The molecule has 11 nitrogen and oxygen atoms in total. The van der Waals surface area contributed by atoms with Gasteiger partial charge in [0.25, 0.3) is 0 Å². The first-order valence-electron chi connectivity index (χ1n) is 11.0. The van der Waals surface area contributed by atoms with Crippen molar-refractivity contribution in [3.05, 3.63) is 48.0 Å². The molecule has 2 amide bonds. The lowest BCUT2D eigenvalue weighted by Gasteiger charge is -2.19. The number of urea groups is 1. The summed E-state index contributed by atoms with van der Waals surface area (Å²) in [5.74, 6) is -0.203. The highest BCUT2D eigenvalue weighted by molar-refractivity contribution is 7.92. The molecule has 3 heterocycles. The summed E-state index contributed by atoms with van der Waals surface area (Å²) in [5, 5.41) is 16.0. The largest absolute Gasteiger partial charge is 0.481 e. The zero-order valence-corrected chi connectivity index (χ0v) is 20.6. The van der Waals surface area contributed by atoms with Crippen molar-refractivity contribution in [3.8, 4) is 29.1 Å². The van der Waals surface area contributed by atoms with Crippen LogP contribution in [0.3, 0.4) is 0 Å². The Hall–Kier alpha value is -4.18. The zero-order valence-electron chi connectivity index (χ0n) is 19.8. The Morgan fingerprint density at radius 2 is 2.19 bits per heavy atom. The molecule has 1 aliphatic heterocycles. The lowest BCUT2D eigenvalue weighted by Crippen LogP contribution is -2.23. The van der Waals surface area contributed by atoms with Gasteiger partial charge in [-0.2, -0.15) is 10.4 Å². The number of fused-ring (bicyclic) bond motifs is 1. The molecule has 0 spiro atoms. The number of rotatable bonds is 6. The number of amides is 2. The molecule has 4 rings (SSSR count). The molecule has 0 radical (unpaired) electrons. The van der Waals surface area contributed by atoms with Crippen LogP contribution in [-0.2, 0) is 16.5 Å². The average molecular weight is 514 g/mol. The lowest BCUT2D eigenvalue weighted by molar-refractivity contribution is 0.224. The topological polar surface area (TPSA) is 144 Å². The fraction of sp³-hybridized carbons (Fsp3) is 0.304. The number of pyridine rings is 1. The molecule has 188 valence electrons. The number of carbonyl (C=O) groups excluding carboxylic acids is 1. The molecule has 0 saturated carbocycles. The summed E-state index contributed by atoms with van der Waals surface area (Å²) in [6.07, 6.45) is 5.07. The van der Waals surface area contributed by atoms with Gasteiger partial charge in [-0.15, -0.1) is 4.36 Å². The smallest absolute Gasteiger partial charge is 0.355 e.